The summed E-state index contributed by atoms with van der Waals surface area (Å²) in [6.45, 7) is 6.37. The number of H-pyrrole nitrogens is 1. The maximum atomic E-state index is 13.0. The Labute approximate surface area is 173 Å². The number of hydrogen-bond donors (Lipinski definition) is 2. The van der Waals surface area contributed by atoms with Crippen LogP contribution in [0.1, 0.15) is 19.4 Å². The fraction of sp³-hybridized carbons (Fsp3) is 0.381. The molecule has 2 N–H and O–H groups in total. The van der Waals surface area contributed by atoms with Crippen molar-refractivity contribution in [1.82, 2.24) is 20.4 Å². The van der Waals surface area contributed by atoms with Gasteiger partial charge in [0.15, 0.2) is 11.3 Å². The van der Waals surface area contributed by atoms with Gasteiger partial charge in [0, 0.05) is 36.4 Å². The number of carbonyl (C=O) groups is 2. The number of nitrogens with one attached hydrogen (secondary N) is 2. The van der Waals surface area contributed by atoms with Crippen LogP contribution in [0.4, 0.5) is 0 Å². The minimum atomic E-state index is -0.701. The van der Waals surface area contributed by atoms with Crippen LogP contribution in [-0.2, 0) is 23.8 Å². The number of morpholine rings is 1. The fourth-order valence-electron chi connectivity index (χ4n) is 3.16. The molecule has 2 aliphatic heterocycles. The maximum absolute atomic E-state index is 13.0. The number of aromatic nitrogens is 2. The Morgan fingerprint density at radius 1 is 1.40 bits per heavy atom. The first-order valence-corrected chi connectivity index (χ1v) is 9.90. The second kappa shape index (κ2) is 8.68. The number of esters is 1. The SMILES string of the molecule is CC(C)COC(=O)C1=C(NN2CCOCC2)OC(=Cc2c[nH]c3ncccc23)C1=O. The zero-order valence-corrected chi connectivity index (χ0v) is 16.9. The van der Waals surface area contributed by atoms with Crippen molar-refractivity contribution in [1.29, 1.82) is 0 Å². The van der Waals surface area contributed by atoms with Gasteiger partial charge in [-0.1, -0.05) is 13.8 Å². The first-order valence-electron chi connectivity index (χ1n) is 9.90. The Hall–Kier alpha value is -3.17. The Morgan fingerprint density at radius 2 is 2.20 bits per heavy atom. The molecule has 9 heteroatoms. The molecule has 4 rings (SSSR count). The molecule has 1 saturated heterocycles. The fourth-order valence-corrected chi connectivity index (χ4v) is 3.16. The van der Waals surface area contributed by atoms with Gasteiger partial charge in [-0.15, -0.1) is 0 Å². The van der Waals surface area contributed by atoms with Crippen LogP contribution in [0.15, 0.2) is 41.7 Å². The van der Waals surface area contributed by atoms with E-state index in [9.17, 15) is 9.59 Å². The van der Waals surface area contributed by atoms with Gasteiger partial charge in [-0.05, 0) is 24.1 Å². The molecule has 0 spiro atoms. The van der Waals surface area contributed by atoms with Crippen LogP contribution in [0.3, 0.4) is 0 Å². The molecule has 0 aromatic carbocycles. The van der Waals surface area contributed by atoms with Gasteiger partial charge in [-0.2, -0.15) is 0 Å². The highest BCUT2D eigenvalue weighted by atomic mass is 16.5. The number of fused-ring (bicyclic) bond motifs is 1. The van der Waals surface area contributed by atoms with E-state index in [1.54, 1.807) is 18.5 Å². The monoisotopic (exact) mass is 412 g/mol. The van der Waals surface area contributed by atoms with E-state index in [1.807, 2.05) is 31.0 Å². The summed E-state index contributed by atoms with van der Waals surface area (Å²) in [5.74, 6) is -0.936. The van der Waals surface area contributed by atoms with Crippen LogP contribution in [-0.4, -0.2) is 59.6 Å². The molecule has 2 aliphatic rings. The summed E-state index contributed by atoms with van der Waals surface area (Å²) in [4.78, 5) is 33.0. The van der Waals surface area contributed by atoms with E-state index < -0.39 is 11.8 Å². The van der Waals surface area contributed by atoms with Gasteiger partial charge < -0.3 is 19.2 Å². The lowest BCUT2D eigenvalue weighted by atomic mass is 10.1. The predicted molar refractivity (Wildman–Crippen MR) is 109 cm³/mol. The zero-order chi connectivity index (χ0) is 21.1. The number of pyridine rings is 1. The molecule has 9 nitrogen and oxygen atoms in total. The minimum Gasteiger partial charge on any atom is -0.462 e. The normalized spacial score (nSPS) is 19.0. The molecule has 30 heavy (non-hydrogen) atoms. The van der Waals surface area contributed by atoms with Crippen LogP contribution in [0.2, 0.25) is 0 Å². The van der Waals surface area contributed by atoms with Gasteiger partial charge in [-0.25, -0.2) is 14.8 Å². The lowest BCUT2D eigenvalue weighted by Crippen LogP contribution is -2.45. The standard InChI is InChI=1S/C21H24N4O5/c1-13(2)12-29-21(27)17-18(26)16(30-20(17)24-25-6-8-28-9-7-25)10-14-11-23-19-15(14)4-3-5-22-19/h3-5,10-11,13,24H,6-9,12H2,1-2H3,(H,22,23). The summed E-state index contributed by atoms with van der Waals surface area (Å²) in [5, 5.41) is 2.69. The maximum Gasteiger partial charge on any atom is 0.347 e. The van der Waals surface area contributed by atoms with E-state index in [4.69, 9.17) is 14.2 Å². The summed E-state index contributed by atoms with van der Waals surface area (Å²) in [6.07, 6.45) is 5.03. The highest BCUT2D eigenvalue weighted by Crippen LogP contribution is 2.28. The molecule has 0 aliphatic carbocycles. The highest BCUT2D eigenvalue weighted by molar-refractivity contribution is 6.26. The third kappa shape index (κ3) is 4.22. The van der Waals surface area contributed by atoms with Crippen molar-refractivity contribution in [3.8, 4) is 0 Å². The average Bonchev–Trinajstić information content (AvgIpc) is 3.28. The summed E-state index contributed by atoms with van der Waals surface area (Å²) in [7, 11) is 0. The van der Waals surface area contributed by atoms with E-state index in [0.717, 1.165) is 10.9 Å². The van der Waals surface area contributed by atoms with E-state index in [2.05, 4.69) is 15.4 Å². The summed E-state index contributed by atoms with van der Waals surface area (Å²) >= 11 is 0. The average molecular weight is 412 g/mol. The van der Waals surface area contributed by atoms with Crippen molar-refractivity contribution < 1.29 is 23.8 Å². The molecule has 4 heterocycles. The van der Waals surface area contributed by atoms with Crippen molar-refractivity contribution in [2.24, 2.45) is 5.92 Å². The van der Waals surface area contributed by atoms with Crippen molar-refractivity contribution in [3.63, 3.8) is 0 Å². The van der Waals surface area contributed by atoms with Gasteiger partial charge in [0.1, 0.15) is 5.65 Å². The molecule has 0 amide bonds. The smallest absolute Gasteiger partial charge is 0.347 e. The van der Waals surface area contributed by atoms with E-state index in [1.165, 1.54) is 0 Å². The van der Waals surface area contributed by atoms with Crippen LogP contribution in [0.25, 0.3) is 17.1 Å². The number of hydrazine groups is 1. The number of carbonyl (C=O) groups excluding carboxylic acids is 2. The van der Waals surface area contributed by atoms with E-state index in [0.29, 0.717) is 32.0 Å². The predicted octanol–water partition coefficient (Wildman–Crippen LogP) is 1.75. The van der Waals surface area contributed by atoms with Crippen molar-refractivity contribution in [2.45, 2.75) is 13.8 Å². The third-order valence-corrected chi connectivity index (χ3v) is 4.68. The molecular weight excluding hydrogens is 388 g/mol. The number of ether oxygens (including phenoxy) is 3. The lowest BCUT2D eigenvalue weighted by molar-refractivity contribution is -0.141. The molecule has 2 aromatic rings. The Bertz CT molecular complexity index is 1020. The number of Topliss-reactive ketones (excluding diaryl/α,β-unsaturated/α-hetero) is 1. The zero-order valence-electron chi connectivity index (χ0n) is 16.9. The second-order valence-electron chi connectivity index (χ2n) is 7.49. The van der Waals surface area contributed by atoms with Crippen LogP contribution < -0.4 is 5.43 Å². The second-order valence-corrected chi connectivity index (χ2v) is 7.49. The molecule has 1 fully saturated rings. The Kier molecular flexibility index (Phi) is 5.82. The van der Waals surface area contributed by atoms with Crippen molar-refractivity contribution in [3.05, 3.63) is 47.3 Å². The number of nitrogens with zero attached hydrogens (tertiary/aromatic N) is 2. The summed E-state index contributed by atoms with van der Waals surface area (Å²) in [5.41, 5.74) is 4.35. The quantitative estimate of drug-likeness (QED) is 0.420. The van der Waals surface area contributed by atoms with E-state index in [-0.39, 0.29) is 29.7 Å². The first-order chi connectivity index (χ1) is 14.5. The molecule has 0 bridgehead atoms. The largest absolute Gasteiger partial charge is 0.462 e. The summed E-state index contributed by atoms with van der Waals surface area (Å²) in [6, 6.07) is 3.71. The third-order valence-electron chi connectivity index (χ3n) is 4.68. The van der Waals surface area contributed by atoms with Crippen molar-refractivity contribution in [2.75, 3.05) is 32.9 Å². The van der Waals surface area contributed by atoms with Gasteiger partial charge in [0.2, 0.25) is 11.7 Å². The van der Waals surface area contributed by atoms with Gasteiger partial charge in [0.05, 0.1) is 19.8 Å². The van der Waals surface area contributed by atoms with Crippen LogP contribution in [0.5, 0.6) is 0 Å². The minimum absolute atomic E-state index is 0.0482. The molecule has 2 aromatic heterocycles. The van der Waals surface area contributed by atoms with Gasteiger partial charge in [-0.3, -0.25) is 10.2 Å². The number of ketones is 1. The number of hydrogen-bond acceptors (Lipinski definition) is 8. The number of aromatic amines is 1. The number of allylic oxidation sites excluding steroid dienone is 1. The Morgan fingerprint density at radius 3 is 2.97 bits per heavy atom. The highest BCUT2D eigenvalue weighted by Gasteiger charge is 2.38. The van der Waals surface area contributed by atoms with Gasteiger partial charge >= 0.3 is 5.97 Å². The Balaban J connectivity index is 1.62. The molecule has 0 atom stereocenters. The van der Waals surface area contributed by atoms with E-state index >= 15 is 0 Å². The van der Waals surface area contributed by atoms with Crippen LogP contribution >= 0.6 is 0 Å². The van der Waals surface area contributed by atoms with Crippen molar-refractivity contribution >= 4 is 28.9 Å². The van der Waals surface area contributed by atoms with Gasteiger partial charge in [0.25, 0.3) is 0 Å². The topological polar surface area (TPSA) is 106 Å². The molecular formula is C21H24N4O5. The molecule has 0 radical (unpaired) electrons. The molecule has 158 valence electrons. The van der Waals surface area contributed by atoms with Crippen LogP contribution in [0, 0.1) is 5.92 Å². The lowest BCUT2D eigenvalue weighted by Gasteiger charge is -2.27. The molecule has 0 unspecified atom stereocenters. The molecule has 0 saturated carbocycles. The first kappa shape index (κ1) is 20.1. The number of rotatable bonds is 6. The summed E-state index contributed by atoms with van der Waals surface area (Å²) < 4.78 is 16.4.